The summed E-state index contributed by atoms with van der Waals surface area (Å²) in [6.45, 7) is 10.5. The molecule has 5 nitrogen and oxygen atoms in total. The smallest absolute Gasteiger partial charge is 0.283 e. The van der Waals surface area contributed by atoms with Crippen LogP contribution in [0.1, 0.15) is 19.8 Å². The van der Waals surface area contributed by atoms with Crippen molar-refractivity contribution in [2.24, 2.45) is 5.92 Å². The zero-order valence-corrected chi connectivity index (χ0v) is 14.1. The number of rotatable bonds is 6. The lowest BCUT2D eigenvalue weighted by Crippen LogP contribution is -2.36. The number of aromatic nitrogens is 2. The van der Waals surface area contributed by atoms with E-state index < -0.39 is 0 Å². The average molecular weight is 355 g/mol. The maximum Gasteiger partial charge on any atom is 0.283 e. The molecule has 1 fully saturated rings. The summed E-state index contributed by atoms with van der Waals surface area (Å²) in [5.41, 5.74) is 0.623. The maximum absolute atomic E-state index is 12.0. The van der Waals surface area contributed by atoms with Crippen LogP contribution in [0.4, 0.5) is 5.69 Å². The Morgan fingerprint density at radius 2 is 2.24 bits per heavy atom. The van der Waals surface area contributed by atoms with E-state index in [-0.39, 0.29) is 5.56 Å². The van der Waals surface area contributed by atoms with Gasteiger partial charge in [-0.15, -0.1) is 6.58 Å². The topological polar surface area (TPSA) is 50.2 Å². The number of allylic oxidation sites excluding steroid dienone is 1. The van der Waals surface area contributed by atoms with Gasteiger partial charge in [-0.25, -0.2) is 4.68 Å². The summed E-state index contributed by atoms with van der Waals surface area (Å²) in [5, 5.41) is 7.42. The summed E-state index contributed by atoms with van der Waals surface area (Å²) in [6, 6.07) is 0. The first kappa shape index (κ1) is 16.2. The van der Waals surface area contributed by atoms with Crippen LogP contribution in [0.5, 0.6) is 0 Å². The fourth-order valence-corrected chi connectivity index (χ4v) is 2.92. The van der Waals surface area contributed by atoms with Crippen LogP contribution in [0.15, 0.2) is 28.1 Å². The van der Waals surface area contributed by atoms with Crippen LogP contribution < -0.4 is 10.9 Å². The molecule has 2 rings (SSSR count). The Hall–Kier alpha value is -1.14. The fraction of sp³-hybridized carbons (Fsp3) is 0.600. The van der Waals surface area contributed by atoms with E-state index in [4.69, 9.17) is 0 Å². The Labute approximate surface area is 134 Å². The average Bonchev–Trinajstić information content (AvgIpc) is 2.48. The van der Waals surface area contributed by atoms with Crippen LogP contribution in [0, 0.1) is 5.92 Å². The van der Waals surface area contributed by atoms with Gasteiger partial charge in [0.05, 0.1) is 18.4 Å². The SMILES string of the molecule is C=CCn1ncc(NCCN2CCC(C)CC2)c(Br)c1=O. The molecule has 1 aliphatic heterocycles. The zero-order valence-electron chi connectivity index (χ0n) is 12.5. The molecular weight excluding hydrogens is 332 g/mol. The molecule has 2 heterocycles. The highest BCUT2D eigenvalue weighted by atomic mass is 79.9. The van der Waals surface area contributed by atoms with E-state index in [0.717, 1.165) is 24.7 Å². The molecule has 1 aromatic rings. The number of nitrogens with zero attached hydrogens (tertiary/aromatic N) is 3. The molecule has 0 aliphatic carbocycles. The van der Waals surface area contributed by atoms with E-state index in [2.05, 4.69) is 44.7 Å². The molecule has 21 heavy (non-hydrogen) atoms. The Morgan fingerprint density at radius 1 is 1.52 bits per heavy atom. The highest BCUT2D eigenvalue weighted by Gasteiger charge is 2.15. The van der Waals surface area contributed by atoms with Crippen molar-refractivity contribution in [1.29, 1.82) is 0 Å². The Bertz CT molecular complexity index is 535. The molecule has 1 N–H and O–H groups in total. The van der Waals surface area contributed by atoms with Crippen molar-refractivity contribution in [3.8, 4) is 0 Å². The van der Waals surface area contributed by atoms with Crippen LogP contribution in [0.3, 0.4) is 0 Å². The molecule has 1 aliphatic rings. The lowest BCUT2D eigenvalue weighted by atomic mass is 9.99. The summed E-state index contributed by atoms with van der Waals surface area (Å²) in [7, 11) is 0. The van der Waals surface area contributed by atoms with Gasteiger partial charge >= 0.3 is 0 Å². The van der Waals surface area contributed by atoms with Gasteiger partial charge in [0.1, 0.15) is 4.47 Å². The second-order valence-electron chi connectivity index (χ2n) is 5.60. The highest BCUT2D eigenvalue weighted by Crippen LogP contribution is 2.17. The standard InChI is InChI=1S/C15H23BrN4O/c1-3-7-20-15(21)14(16)13(11-18-20)17-6-10-19-8-4-12(2)5-9-19/h3,11-12,17H,1,4-10H2,2H3. The molecule has 1 aromatic heterocycles. The van der Waals surface area contributed by atoms with Crippen molar-refractivity contribution < 1.29 is 0 Å². The van der Waals surface area contributed by atoms with Crippen LogP contribution in [-0.2, 0) is 6.54 Å². The van der Waals surface area contributed by atoms with Crippen molar-refractivity contribution in [2.75, 3.05) is 31.5 Å². The lowest BCUT2D eigenvalue weighted by molar-refractivity contribution is 0.199. The minimum atomic E-state index is -0.133. The van der Waals surface area contributed by atoms with Gasteiger partial charge in [0.2, 0.25) is 0 Å². The Kier molecular flexibility index (Phi) is 5.99. The summed E-state index contributed by atoms with van der Waals surface area (Å²) < 4.78 is 1.92. The third-order valence-electron chi connectivity index (χ3n) is 3.91. The summed E-state index contributed by atoms with van der Waals surface area (Å²) in [6.07, 6.45) is 5.91. The molecular formula is C15H23BrN4O. The molecule has 0 atom stereocenters. The Balaban J connectivity index is 1.87. The van der Waals surface area contributed by atoms with Gasteiger partial charge in [-0.1, -0.05) is 13.0 Å². The van der Waals surface area contributed by atoms with Crippen LogP contribution >= 0.6 is 15.9 Å². The van der Waals surface area contributed by atoms with Gasteiger partial charge in [-0.05, 0) is 47.8 Å². The van der Waals surface area contributed by atoms with Gasteiger partial charge in [-0.3, -0.25) is 4.79 Å². The second kappa shape index (κ2) is 7.75. The van der Waals surface area contributed by atoms with Crippen LogP contribution in [0.25, 0.3) is 0 Å². The van der Waals surface area contributed by atoms with Gasteiger partial charge in [0.25, 0.3) is 5.56 Å². The number of likely N-dealkylation sites (tertiary alicyclic amines) is 1. The number of nitrogens with one attached hydrogen (secondary N) is 1. The van der Waals surface area contributed by atoms with Crippen molar-refractivity contribution in [3.63, 3.8) is 0 Å². The summed E-state index contributed by atoms with van der Waals surface area (Å²) in [4.78, 5) is 14.5. The third-order valence-corrected chi connectivity index (χ3v) is 4.67. The van der Waals surface area contributed by atoms with Gasteiger partial charge in [0, 0.05) is 13.1 Å². The Morgan fingerprint density at radius 3 is 2.90 bits per heavy atom. The molecule has 0 spiro atoms. The first-order valence-electron chi connectivity index (χ1n) is 7.44. The van der Waals surface area contributed by atoms with Crippen molar-refractivity contribution >= 4 is 21.6 Å². The zero-order chi connectivity index (χ0) is 15.2. The first-order valence-corrected chi connectivity index (χ1v) is 8.24. The molecule has 6 heteroatoms. The number of anilines is 1. The van der Waals surface area contributed by atoms with E-state index in [9.17, 15) is 4.79 Å². The van der Waals surface area contributed by atoms with Crippen molar-refractivity contribution in [1.82, 2.24) is 14.7 Å². The van der Waals surface area contributed by atoms with E-state index in [1.54, 1.807) is 12.3 Å². The number of piperidine rings is 1. The molecule has 0 radical (unpaired) electrons. The summed E-state index contributed by atoms with van der Waals surface area (Å²) in [5.74, 6) is 0.852. The molecule has 1 saturated heterocycles. The van der Waals surface area contributed by atoms with Crippen LogP contribution in [-0.4, -0.2) is 40.9 Å². The predicted octanol–water partition coefficient (Wildman–Crippen LogP) is 2.34. The molecule has 116 valence electrons. The van der Waals surface area contributed by atoms with Gasteiger partial charge in [-0.2, -0.15) is 5.10 Å². The van der Waals surface area contributed by atoms with Gasteiger partial charge in [0.15, 0.2) is 0 Å². The maximum atomic E-state index is 12.0. The monoisotopic (exact) mass is 354 g/mol. The van der Waals surface area contributed by atoms with Crippen LogP contribution in [0.2, 0.25) is 0 Å². The molecule has 0 bridgehead atoms. The molecule has 0 amide bonds. The van der Waals surface area contributed by atoms with E-state index in [0.29, 0.717) is 11.0 Å². The number of hydrogen-bond acceptors (Lipinski definition) is 4. The van der Waals surface area contributed by atoms with E-state index in [1.807, 2.05) is 0 Å². The van der Waals surface area contributed by atoms with E-state index >= 15 is 0 Å². The molecule has 0 aromatic carbocycles. The fourth-order valence-electron chi connectivity index (χ4n) is 2.47. The number of hydrogen-bond donors (Lipinski definition) is 1. The molecule has 0 unspecified atom stereocenters. The minimum absolute atomic E-state index is 0.133. The van der Waals surface area contributed by atoms with Crippen molar-refractivity contribution in [2.45, 2.75) is 26.3 Å². The van der Waals surface area contributed by atoms with Gasteiger partial charge < -0.3 is 10.2 Å². The second-order valence-corrected chi connectivity index (χ2v) is 6.39. The van der Waals surface area contributed by atoms with E-state index in [1.165, 1.54) is 30.6 Å². The quantitative estimate of drug-likeness (QED) is 0.796. The first-order chi connectivity index (χ1) is 10.1. The van der Waals surface area contributed by atoms with Crippen molar-refractivity contribution in [3.05, 3.63) is 33.7 Å². The highest BCUT2D eigenvalue weighted by molar-refractivity contribution is 9.10. The minimum Gasteiger partial charge on any atom is -0.381 e. The third kappa shape index (κ3) is 4.41. The lowest BCUT2D eigenvalue weighted by Gasteiger charge is -2.30. The molecule has 0 saturated carbocycles. The normalized spacial score (nSPS) is 16.9. The number of halogens is 1. The summed E-state index contributed by atoms with van der Waals surface area (Å²) >= 11 is 3.35. The predicted molar refractivity (Wildman–Crippen MR) is 89.7 cm³/mol. The largest absolute Gasteiger partial charge is 0.381 e.